The molecule has 0 aliphatic heterocycles. The zero-order valence-electron chi connectivity index (χ0n) is 16.4. The number of rotatable bonds is 8. The lowest BCUT2D eigenvalue weighted by Gasteiger charge is -2.06. The summed E-state index contributed by atoms with van der Waals surface area (Å²) < 4.78 is 10.6. The van der Waals surface area contributed by atoms with Crippen molar-refractivity contribution in [2.75, 3.05) is 17.7 Å². The molecule has 0 aromatic carbocycles. The van der Waals surface area contributed by atoms with Gasteiger partial charge in [-0.2, -0.15) is 0 Å². The second kappa shape index (κ2) is 9.63. The molecule has 3 heterocycles. The molecule has 3 aromatic rings. The number of carbonyl (C=O) groups excluding carboxylic acids is 3. The molecule has 0 radical (unpaired) electrons. The van der Waals surface area contributed by atoms with Crippen LogP contribution in [0.4, 0.5) is 5.00 Å². The molecule has 0 aliphatic carbocycles. The fourth-order valence-electron chi connectivity index (χ4n) is 2.54. The Morgan fingerprint density at radius 2 is 2.07 bits per heavy atom. The van der Waals surface area contributed by atoms with Crippen molar-refractivity contribution in [3.63, 3.8) is 0 Å². The molecular weight excluding hydrogens is 428 g/mol. The SMILES string of the molecule is CCOC(=O)c1c(NC(=O)CSc2nnc(-c3ccccn3)o2)sc(C(C)=O)c1C. The van der Waals surface area contributed by atoms with E-state index in [-0.39, 0.29) is 45.7 Å². The number of nitrogens with zero attached hydrogens (tertiary/aromatic N) is 3. The van der Waals surface area contributed by atoms with Gasteiger partial charge in [0.15, 0.2) is 5.78 Å². The standard InChI is InChI=1S/C19H18N4O5S2/c1-4-27-18(26)14-10(2)15(11(3)24)30-17(14)21-13(25)9-29-19-23-22-16(28-19)12-7-5-6-8-20-12/h5-8H,4,9H2,1-3H3,(H,21,25). The van der Waals surface area contributed by atoms with Crippen molar-refractivity contribution in [1.82, 2.24) is 15.2 Å². The van der Waals surface area contributed by atoms with Gasteiger partial charge >= 0.3 is 5.97 Å². The van der Waals surface area contributed by atoms with Crippen molar-refractivity contribution in [1.29, 1.82) is 0 Å². The van der Waals surface area contributed by atoms with E-state index in [1.165, 1.54) is 6.92 Å². The molecular formula is C19H18N4O5S2. The second-order valence-corrected chi connectivity index (χ2v) is 7.91. The third-order valence-corrected chi connectivity index (χ3v) is 5.94. The van der Waals surface area contributed by atoms with Crippen LogP contribution in [0.2, 0.25) is 0 Å². The maximum absolute atomic E-state index is 12.4. The molecule has 3 aromatic heterocycles. The fraction of sp³-hybridized carbons (Fsp3) is 0.263. The van der Waals surface area contributed by atoms with Gasteiger partial charge in [0.2, 0.25) is 5.91 Å². The Morgan fingerprint density at radius 3 is 2.73 bits per heavy atom. The topological polar surface area (TPSA) is 124 Å². The van der Waals surface area contributed by atoms with Gasteiger partial charge in [0.25, 0.3) is 11.1 Å². The van der Waals surface area contributed by atoms with Gasteiger partial charge in [-0.25, -0.2) is 4.79 Å². The van der Waals surface area contributed by atoms with Gasteiger partial charge in [0, 0.05) is 6.20 Å². The van der Waals surface area contributed by atoms with Crippen LogP contribution in [0.1, 0.15) is 39.4 Å². The summed E-state index contributed by atoms with van der Waals surface area (Å²) in [5, 5.41) is 11.0. The molecule has 30 heavy (non-hydrogen) atoms. The molecule has 9 nitrogen and oxygen atoms in total. The van der Waals surface area contributed by atoms with E-state index in [2.05, 4.69) is 20.5 Å². The summed E-state index contributed by atoms with van der Waals surface area (Å²) in [6, 6.07) is 5.30. The van der Waals surface area contributed by atoms with Crippen LogP contribution in [0.15, 0.2) is 34.0 Å². The smallest absolute Gasteiger partial charge is 0.341 e. The van der Waals surface area contributed by atoms with E-state index in [1.54, 1.807) is 38.2 Å². The maximum Gasteiger partial charge on any atom is 0.341 e. The Bertz CT molecular complexity index is 1080. The normalized spacial score (nSPS) is 10.6. The zero-order valence-corrected chi connectivity index (χ0v) is 18.1. The Kier molecular flexibility index (Phi) is 6.95. The van der Waals surface area contributed by atoms with Crippen molar-refractivity contribution in [2.24, 2.45) is 0 Å². The van der Waals surface area contributed by atoms with Gasteiger partial charge in [0.1, 0.15) is 10.7 Å². The molecule has 1 N–H and O–H groups in total. The molecule has 0 bridgehead atoms. The van der Waals surface area contributed by atoms with Crippen LogP contribution in [0, 0.1) is 6.92 Å². The summed E-state index contributed by atoms with van der Waals surface area (Å²) in [5.41, 5.74) is 1.22. The first-order chi connectivity index (χ1) is 14.4. The number of anilines is 1. The number of ketones is 1. The minimum Gasteiger partial charge on any atom is -0.462 e. The zero-order chi connectivity index (χ0) is 21.7. The fourth-order valence-corrected chi connectivity index (χ4v) is 4.21. The van der Waals surface area contributed by atoms with Gasteiger partial charge in [0.05, 0.1) is 22.8 Å². The lowest BCUT2D eigenvalue weighted by molar-refractivity contribution is -0.113. The molecule has 11 heteroatoms. The molecule has 0 atom stereocenters. The third kappa shape index (κ3) is 4.92. The Hall–Kier alpha value is -3.05. The number of amides is 1. The maximum atomic E-state index is 12.4. The van der Waals surface area contributed by atoms with Crippen LogP contribution in [-0.2, 0) is 9.53 Å². The first-order valence-electron chi connectivity index (χ1n) is 8.89. The summed E-state index contributed by atoms with van der Waals surface area (Å²) in [7, 11) is 0. The summed E-state index contributed by atoms with van der Waals surface area (Å²) in [4.78, 5) is 41.1. The molecule has 0 saturated heterocycles. The minimum absolute atomic E-state index is 0.0293. The second-order valence-electron chi connectivity index (χ2n) is 5.96. The highest BCUT2D eigenvalue weighted by Gasteiger charge is 2.25. The van der Waals surface area contributed by atoms with E-state index in [1.807, 2.05) is 0 Å². The van der Waals surface area contributed by atoms with E-state index < -0.39 is 5.97 Å². The number of nitrogens with one attached hydrogen (secondary N) is 1. The van der Waals surface area contributed by atoms with E-state index in [0.29, 0.717) is 16.1 Å². The number of Topliss-reactive ketones (excluding diaryl/α,β-unsaturated/α-hetero) is 1. The predicted octanol–water partition coefficient (Wildman–Crippen LogP) is 3.61. The quantitative estimate of drug-likeness (QED) is 0.314. The number of aromatic nitrogens is 3. The van der Waals surface area contributed by atoms with Crippen LogP contribution in [0.3, 0.4) is 0 Å². The molecule has 0 spiro atoms. The Morgan fingerprint density at radius 1 is 1.27 bits per heavy atom. The number of thioether (sulfide) groups is 1. The number of pyridine rings is 1. The lowest BCUT2D eigenvalue weighted by Crippen LogP contribution is -2.16. The van der Waals surface area contributed by atoms with Crippen LogP contribution in [-0.4, -0.2) is 45.2 Å². The molecule has 0 saturated carbocycles. The molecule has 1 amide bonds. The van der Waals surface area contributed by atoms with Crippen LogP contribution in [0.25, 0.3) is 11.6 Å². The number of thiophene rings is 1. The number of hydrogen-bond acceptors (Lipinski definition) is 10. The number of hydrogen-bond donors (Lipinski definition) is 1. The average Bonchev–Trinajstić information content (AvgIpc) is 3.32. The van der Waals surface area contributed by atoms with E-state index in [9.17, 15) is 14.4 Å². The minimum atomic E-state index is -0.585. The first-order valence-corrected chi connectivity index (χ1v) is 10.7. The molecule has 156 valence electrons. The van der Waals surface area contributed by atoms with E-state index >= 15 is 0 Å². The Balaban J connectivity index is 1.69. The van der Waals surface area contributed by atoms with Crippen molar-refractivity contribution in [3.8, 4) is 11.6 Å². The van der Waals surface area contributed by atoms with Gasteiger partial charge in [-0.15, -0.1) is 21.5 Å². The molecule has 0 unspecified atom stereocenters. The number of esters is 1. The van der Waals surface area contributed by atoms with Gasteiger partial charge in [-0.1, -0.05) is 17.8 Å². The third-order valence-electron chi connectivity index (χ3n) is 3.82. The monoisotopic (exact) mass is 446 g/mol. The van der Waals surface area contributed by atoms with E-state index in [4.69, 9.17) is 9.15 Å². The van der Waals surface area contributed by atoms with Crippen molar-refractivity contribution in [2.45, 2.75) is 26.0 Å². The molecule has 3 rings (SSSR count). The molecule has 0 fully saturated rings. The first kappa shape index (κ1) is 21.7. The number of ether oxygens (including phenoxy) is 1. The van der Waals surface area contributed by atoms with Crippen molar-refractivity contribution >= 4 is 45.8 Å². The highest BCUT2D eigenvalue weighted by Crippen LogP contribution is 2.34. The van der Waals surface area contributed by atoms with Gasteiger partial charge < -0.3 is 14.5 Å². The van der Waals surface area contributed by atoms with Crippen LogP contribution >= 0.6 is 23.1 Å². The van der Waals surface area contributed by atoms with Crippen molar-refractivity contribution in [3.05, 3.63) is 40.4 Å². The number of carbonyl (C=O) groups is 3. The summed E-state index contributed by atoms with van der Waals surface area (Å²) >= 11 is 2.10. The van der Waals surface area contributed by atoms with Crippen molar-refractivity contribution < 1.29 is 23.5 Å². The van der Waals surface area contributed by atoms with Gasteiger partial charge in [-0.05, 0) is 38.5 Å². The Labute approximate surface area is 180 Å². The lowest BCUT2D eigenvalue weighted by atomic mass is 10.1. The van der Waals surface area contributed by atoms with E-state index in [0.717, 1.165) is 23.1 Å². The van der Waals surface area contributed by atoms with Crippen LogP contribution < -0.4 is 5.32 Å². The highest BCUT2D eigenvalue weighted by atomic mass is 32.2. The van der Waals surface area contributed by atoms with Crippen LogP contribution in [0.5, 0.6) is 0 Å². The molecule has 0 aliphatic rings. The van der Waals surface area contributed by atoms with Gasteiger partial charge in [-0.3, -0.25) is 14.6 Å². The largest absolute Gasteiger partial charge is 0.462 e. The average molecular weight is 447 g/mol. The summed E-state index contributed by atoms with van der Waals surface area (Å²) in [6.45, 7) is 4.93. The summed E-state index contributed by atoms with van der Waals surface area (Å²) in [6.07, 6.45) is 1.61. The highest BCUT2D eigenvalue weighted by molar-refractivity contribution is 7.99. The summed E-state index contributed by atoms with van der Waals surface area (Å²) in [5.74, 6) is -0.939. The predicted molar refractivity (Wildman–Crippen MR) is 112 cm³/mol.